The van der Waals surface area contributed by atoms with Crippen molar-refractivity contribution in [3.8, 4) is 17.2 Å². The lowest BCUT2D eigenvalue weighted by Crippen LogP contribution is -2.45. The zero-order chi connectivity index (χ0) is 21.4. The number of hydrogen-bond donors (Lipinski definition) is 0. The van der Waals surface area contributed by atoms with Crippen LogP contribution in [0.5, 0.6) is 11.5 Å². The van der Waals surface area contributed by atoms with Crippen molar-refractivity contribution in [2.24, 2.45) is 0 Å². The van der Waals surface area contributed by atoms with Crippen LogP contribution in [0.25, 0.3) is 27.6 Å². The zero-order valence-corrected chi connectivity index (χ0v) is 18.4. The second-order valence-corrected chi connectivity index (χ2v) is 8.18. The van der Waals surface area contributed by atoms with Gasteiger partial charge in [0.1, 0.15) is 5.65 Å². The standard InChI is InChI=1S/C24H29N5O2/c1-26-9-11-27(12-10-26)13-14-28-17-21(29-8-6-18-5-4-7-25-24(18)29)19-15-22(30-2)23(31-3)16-20(19)28/h4-8,15-17H,9-14H2,1-3H3. The van der Waals surface area contributed by atoms with E-state index in [4.69, 9.17) is 9.47 Å². The largest absolute Gasteiger partial charge is 0.493 e. The summed E-state index contributed by atoms with van der Waals surface area (Å²) in [5.41, 5.74) is 3.19. The van der Waals surface area contributed by atoms with Crippen LogP contribution in [0.15, 0.2) is 48.9 Å². The first-order valence-corrected chi connectivity index (χ1v) is 10.8. The molecule has 162 valence electrons. The Morgan fingerprint density at radius 1 is 0.968 bits per heavy atom. The molecule has 0 atom stereocenters. The smallest absolute Gasteiger partial charge is 0.162 e. The maximum Gasteiger partial charge on any atom is 0.162 e. The van der Waals surface area contributed by atoms with E-state index in [-0.39, 0.29) is 0 Å². The number of likely N-dealkylation sites (N-methyl/N-ethyl adjacent to an activating group) is 1. The van der Waals surface area contributed by atoms with Crippen molar-refractivity contribution < 1.29 is 9.47 Å². The minimum absolute atomic E-state index is 0.734. The second-order valence-electron chi connectivity index (χ2n) is 8.18. The van der Waals surface area contributed by atoms with E-state index in [9.17, 15) is 0 Å². The Balaban J connectivity index is 1.58. The first-order chi connectivity index (χ1) is 15.2. The lowest BCUT2D eigenvalue weighted by molar-refractivity contribution is 0.150. The van der Waals surface area contributed by atoms with E-state index in [1.54, 1.807) is 14.2 Å². The topological polar surface area (TPSA) is 47.7 Å². The van der Waals surface area contributed by atoms with Crippen molar-refractivity contribution in [3.05, 3.63) is 48.9 Å². The summed E-state index contributed by atoms with van der Waals surface area (Å²) in [4.78, 5) is 9.55. The number of ether oxygens (including phenoxy) is 2. The number of aromatic nitrogens is 3. The van der Waals surface area contributed by atoms with Crippen LogP contribution in [0, 0.1) is 0 Å². The van der Waals surface area contributed by atoms with Gasteiger partial charge in [-0.15, -0.1) is 0 Å². The zero-order valence-electron chi connectivity index (χ0n) is 18.4. The summed E-state index contributed by atoms with van der Waals surface area (Å²) in [7, 11) is 5.56. The van der Waals surface area contributed by atoms with Crippen molar-refractivity contribution in [1.29, 1.82) is 0 Å². The third-order valence-electron chi connectivity index (χ3n) is 6.33. The fourth-order valence-electron chi connectivity index (χ4n) is 4.46. The third-order valence-corrected chi connectivity index (χ3v) is 6.33. The molecular formula is C24H29N5O2. The van der Waals surface area contributed by atoms with Gasteiger partial charge in [-0.05, 0) is 31.3 Å². The Kier molecular flexibility index (Phi) is 5.29. The van der Waals surface area contributed by atoms with Crippen molar-refractivity contribution >= 4 is 21.9 Å². The highest BCUT2D eigenvalue weighted by atomic mass is 16.5. The van der Waals surface area contributed by atoms with Crippen LogP contribution in [0.3, 0.4) is 0 Å². The average Bonchev–Trinajstić information content (AvgIpc) is 3.38. The number of nitrogens with zero attached hydrogens (tertiary/aromatic N) is 5. The lowest BCUT2D eigenvalue weighted by atomic mass is 10.2. The molecule has 0 saturated carbocycles. The van der Waals surface area contributed by atoms with Crippen molar-refractivity contribution in [1.82, 2.24) is 23.9 Å². The Bertz CT molecular complexity index is 1200. The van der Waals surface area contributed by atoms with E-state index in [0.29, 0.717) is 0 Å². The molecule has 1 aliphatic rings. The molecule has 4 aromatic rings. The Morgan fingerprint density at radius 2 is 1.74 bits per heavy atom. The molecule has 7 nitrogen and oxygen atoms in total. The summed E-state index contributed by atoms with van der Waals surface area (Å²) < 4.78 is 15.7. The Labute approximate surface area is 182 Å². The summed E-state index contributed by atoms with van der Waals surface area (Å²) in [6.07, 6.45) is 6.16. The molecule has 3 aromatic heterocycles. The van der Waals surface area contributed by atoms with E-state index in [1.807, 2.05) is 12.3 Å². The molecule has 0 amide bonds. The van der Waals surface area contributed by atoms with E-state index in [2.05, 4.69) is 67.6 Å². The summed E-state index contributed by atoms with van der Waals surface area (Å²) in [5, 5.41) is 2.25. The molecule has 1 fully saturated rings. The van der Waals surface area contributed by atoms with Gasteiger partial charge in [0.05, 0.1) is 25.4 Å². The van der Waals surface area contributed by atoms with Gasteiger partial charge < -0.3 is 18.9 Å². The average molecular weight is 420 g/mol. The van der Waals surface area contributed by atoms with Crippen molar-refractivity contribution in [3.63, 3.8) is 0 Å². The highest BCUT2D eigenvalue weighted by Gasteiger charge is 2.18. The molecule has 5 rings (SSSR count). The highest BCUT2D eigenvalue weighted by molar-refractivity contribution is 5.93. The van der Waals surface area contributed by atoms with Gasteiger partial charge in [0.15, 0.2) is 11.5 Å². The molecule has 7 heteroatoms. The van der Waals surface area contributed by atoms with Crippen LogP contribution in [0.4, 0.5) is 0 Å². The number of hydrogen-bond acceptors (Lipinski definition) is 5. The van der Waals surface area contributed by atoms with Gasteiger partial charge in [-0.3, -0.25) is 9.47 Å². The van der Waals surface area contributed by atoms with Gasteiger partial charge in [-0.2, -0.15) is 0 Å². The maximum atomic E-state index is 5.61. The van der Waals surface area contributed by atoms with Crippen LogP contribution in [0.1, 0.15) is 0 Å². The second kappa shape index (κ2) is 8.24. The predicted molar refractivity (Wildman–Crippen MR) is 124 cm³/mol. The summed E-state index contributed by atoms with van der Waals surface area (Å²) >= 11 is 0. The van der Waals surface area contributed by atoms with Gasteiger partial charge in [-0.25, -0.2) is 4.98 Å². The molecule has 0 N–H and O–H groups in total. The van der Waals surface area contributed by atoms with Crippen LogP contribution in [-0.4, -0.2) is 77.9 Å². The van der Waals surface area contributed by atoms with Crippen molar-refractivity contribution in [2.75, 3.05) is 54.0 Å². The summed E-state index contributed by atoms with van der Waals surface area (Å²) in [5.74, 6) is 1.48. The number of fused-ring (bicyclic) bond motifs is 2. The first kappa shape index (κ1) is 19.9. The van der Waals surface area contributed by atoms with Gasteiger partial charge >= 0.3 is 0 Å². The molecule has 0 bridgehead atoms. The van der Waals surface area contributed by atoms with Gasteiger partial charge in [0.25, 0.3) is 0 Å². The SMILES string of the molecule is COc1cc2c(-n3ccc4cccnc43)cn(CCN3CCN(C)CC3)c2cc1OC. The molecule has 1 saturated heterocycles. The monoisotopic (exact) mass is 419 g/mol. The van der Waals surface area contributed by atoms with Crippen LogP contribution in [0.2, 0.25) is 0 Å². The predicted octanol–water partition coefficient (Wildman–Crippen LogP) is 3.24. The molecule has 0 spiro atoms. The fourth-order valence-corrected chi connectivity index (χ4v) is 4.46. The molecule has 31 heavy (non-hydrogen) atoms. The number of methoxy groups -OCH3 is 2. The maximum absolute atomic E-state index is 5.61. The number of rotatable bonds is 6. The summed E-state index contributed by atoms with van der Waals surface area (Å²) in [6, 6.07) is 10.3. The lowest BCUT2D eigenvalue weighted by Gasteiger charge is -2.32. The fraction of sp³-hybridized carbons (Fsp3) is 0.375. The van der Waals surface area contributed by atoms with E-state index >= 15 is 0 Å². The highest BCUT2D eigenvalue weighted by Crippen LogP contribution is 2.37. The quantitative estimate of drug-likeness (QED) is 0.480. The Morgan fingerprint density at radius 3 is 2.52 bits per heavy atom. The number of pyridine rings is 1. The summed E-state index contributed by atoms with van der Waals surface area (Å²) in [6.45, 7) is 6.43. The van der Waals surface area contributed by atoms with Crippen LogP contribution < -0.4 is 9.47 Å². The van der Waals surface area contributed by atoms with Crippen LogP contribution >= 0.6 is 0 Å². The third kappa shape index (κ3) is 3.64. The normalized spacial score (nSPS) is 15.7. The molecule has 0 unspecified atom stereocenters. The minimum atomic E-state index is 0.734. The molecule has 0 radical (unpaired) electrons. The number of piperazine rings is 1. The van der Waals surface area contributed by atoms with Gasteiger partial charge in [0.2, 0.25) is 0 Å². The van der Waals surface area contributed by atoms with E-state index in [1.165, 1.54) is 0 Å². The van der Waals surface area contributed by atoms with Crippen LogP contribution in [-0.2, 0) is 6.54 Å². The molecule has 0 aliphatic carbocycles. The first-order valence-electron chi connectivity index (χ1n) is 10.8. The number of benzene rings is 1. The molecule has 1 aliphatic heterocycles. The molecule has 1 aromatic carbocycles. The molecule has 4 heterocycles. The minimum Gasteiger partial charge on any atom is -0.493 e. The van der Waals surface area contributed by atoms with Crippen molar-refractivity contribution in [2.45, 2.75) is 6.54 Å². The van der Waals surface area contributed by atoms with E-state index in [0.717, 1.165) is 78.4 Å². The molecular weight excluding hydrogens is 390 g/mol. The van der Waals surface area contributed by atoms with E-state index < -0.39 is 0 Å². The Hall–Kier alpha value is -3.03. The van der Waals surface area contributed by atoms with Gasteiger partial charge in [0, 0.05) is 74.7 Å². The van der Waals surface area contributed by atoms with Gasteiger partial charge in [-0.1, -0.05) is 0 Å².